The van der Waals surface area contributed by atoms with E-state index in [0.29, 0.717) is 16.4 Å². The van der Waals surface area contributed by atoms with Gasteiger partial charge in [-0.2, -0.15) is 0 Å². The molecule has 0 radical (unpaired) electrons. The second-order valence-corrected chi connectivity index (χ2v) is 5.15. The van der Waals surface area contributed by atoms with Gasteiger partial charge in [0.05, 0.1) is 12.1 Å². The summed E-state index contributed by atoms with van der Waals surface area (Å²) in [6, 6.07) is 1.24. The highest BCUT2D eigenvalue weighted by Crippen LogP contribution is 2.17. The number of hydrogen-bond donors (Lipinski definition) is 2. The highest BCUT2D eigenvalue weighted by Gasteiger charge is 2.15. The van der Waals surface area contributed by atoms with Crippen molar-refractivity contribution in [1.82, 2.24) is 15.3 Å². The lowest BCUT2D eigenvalue weighted by Gasteiger charge is -2.02. The number of halogens is 1. The molecule has 0 fully saturated rings. The monoisotopic (exact) mass is 308 g/mol. The Morgan fingerprint density at radius 1 is 1.43 bits per heavy atom. The molecule has 110 valence electrons. The SMILES string of the molecule is CNC(=O)Cc1csc(NC(=O)c2ncc(C)cc2F)n1. The van der Waals surface area contributed by atoms with Crippen molar-refractivity contribution in [3.8, 4) is 0 Å². The molecule has 0 aliphatic rings. The third-order valence-corrected chi connectivity index (χ3v) is 3.39. The van der Waals surface area contributed by atoms with Gasteiger partial charge in [0.25, 0.3) is 5.91 Å². The molecular weight excluding hydrogens is 295 g/mol. The van der Waals surface area contributed by atoms with Crippen LogP contribution in [0.4, 0.5) is 9.52 Å². The normalized spacial score (nSPS) is 10.2. The van der Waals surface area contributed by atoms with Crippen LogP contribution in [0.5, 0.6) is 0 Å². The molecule has 0 bridgehead atoms. The van der Waals surface area contributed by atoms with Gasteiger partial charge in [0.15, 0.2) is 16.6 Å². The second kappa shape index (κ2) is 6.40. The zero-order valence-electron chi connectivity index (χ0n) is 11.4. The molecule has 2 amide bonds. The van der Waals surface area contributed by atoms with Gasteiger partial charge in [0.2, 0.25) is 5.91 Å². The number of anilines is 1. The minimum absolute atomic E-state index is 0.125. The van der Waals surface area contributed by atoms with E-state index in [-0.39, 0.29) is 18.0 Å². The summed E-state index contributed by atoms with van der Waals surface area (Å²) in [7, 11) is 1.53. The smallest absolute Gasteiger partial charge is 0.279 e. The summed E-state index contributed by atoms with van der Waals surface area (Å²) in [5, 5.41) is 6.89. The van der Waals surface area contributed by atoms with Crippen LogP contribution < -0.4 is 10.6 Å². The molecule has 0 atom stereocenters. The van der Waals surface area contributed by atoms with Gasteiger partial charge in [0, 0.05) is 18.6 Å². The predicted octanol–water partition coefficient (Wildman–Crippen LogP) is 1.53. The van der Waals surface area contributed by atoms with Gasteiger partial charge in [-0.1, -0.05) is 0 Å². The highest BCUT2D eigenvalue weighted by atomic mass is 32.1. The standard InChI is InChI=1S/C13H13FN4O2S/c1-7-3-9(14)11(16-5-7)12(20)18-13-17-8(6-21-13)4-10(19)15-2/h3,5-6H,4H2,1-2H3,(H,15,19)(H,17,18,20). The number of hydrogen-bond acceptors (Lipinski definition) is 5. The van der Waals surface area contributed by atoms with Crippen molar-refractivity contribution in [2.75, 3.05) is 12.4 Å². The summed E-state index contributed by atoms with van der Waals surface area (Å²) < 4.78 is 13.6. The van der Waals surface area contributed by atoms with E-state index >= 15 is 0 Å². The molecule has 8 heteroatoms. The Balaban J connectivity index is 2.07. The second-order valence-electron chi connectivity index (χ2n) is 4.29. The molecule has 0 aliphatic heterocycles. The Morgan fingerprint density at radius 3 is 2.86 bits per heavy atom. The fourth-order valence-corrected chi connectivity index (χ4v) is 2.26. The van der Waals surface area contributed by atoms with Gasteiger partial charge in [-0.15, -0.1) is 11.3 Å². The van der Waals surface area contributed by atoms with Crippen molar-refractivity contribution in [1.29, 1.82) is 0 Å². The number of nitrogens with zero attached hydrogens (tertiary/aromatic N) is 2. The van der Waals surface area contributed by atoms with Crippen LogP contribution in [0.3, 0.4) is 0 Å². The summed E-state index contributed by atoms with van der Waals surface area (Å²) >= 11 is 1.16. The number of thiazole rings is 1. The lowest BCUT2D eigenvalue weighted by atomic mass is 10.2. The molecule has 6 nitrogen and oxygen atoms in total. The lowest BCUT2D eigenvalue weighted by Crippen LogP contribution is -2.20. The minimum Gasteiger partial charge on any atom is -0.359 e. The number of likely N-dealkylation sites (N-methyl/N-ethyl adjacent to an activating group) is 1. The summed E-state index contributed by atoms with van der Waals surface area (Å²) in [6.45, 7) is 1.68. The number of nitrogens with one attached hydrogen (secondary N) is 2. The number of rotatable bonds is 4. The van der Waals surface area contributed by atoms with E-state index in [4.69, 9.17) is 0 Å². The molecular formula is C13H13FN4O2S. The van der Waals surface area contributed by atoms with Crippen LogP contribution in [0.25, 0.3) is 0 Å². The van der Waals surface area contributed by atoms with Gasteiger partial charge in [-0.3, -0.25) is 14.9 Å². The number of amides is 2. The average Bonchev–Trinajstić information content (AvgIpc) is 2.85. The molecule has 0 saturated heterocycles. The molecule has 0 saturated carbocycles. The molecule has 2 aromatic rings. The van der Waals surface area contributed by atoms with Gasteiger partial charge in [-0.25, -0.2) is 14.4 Å². The van der Waals surface area contributed by atoms with Crippen molar-refractivity contribution in [3.05, 3.63) is 40.4 Å². The molecule has 2 rings (SSSR count). The van der Waals surface area contributed by atoms with Crippen LogP contribution in [-0.2, 0) is 11.2 Å². The van der Waals surface area contributed by atoms with Crippen LogP contribution >= 0.6 is 11.3 Å². The fraction of sp³-hybridized carbons (Fsp3) is 0.231. The maximum atomic E-state index is 13.6. The van der Waals surface area contributed by atoms with E-state index in [1.165, 1.54) is 19.3 Å². The van der Waals surface area contributed by atoms with E-state index < -0.39 is 11.7 Å². The van der Waals surface area contributed by atoms with Crippen LogP contribution in [0, 0.1) is 12.7 Å². The number of carbonyl (C=O) groups is 2. The van der Waals surface area contributed by atoms with E-state index in [2.05, 4.69) is 20.6 Å². The van der Waals surface area contributed by atoms with Gasteiger partial charge in [-0.05, 0) is 18.6 Å². The Kier molecular flexibility index (Phi) is 4.59. The zero-order valence-corrected chi connectivity index (χ0v) is 12.3. The summed E-state index contributed by atoms with van der Waals surface area (Å²) in [6.07, 6.45) is 1.54. The van der Waals surface area contributed by atoms with Crippen LogP contribution in [-0.4, -0.2) is 28.8 Å². The summed E-state index contributed by atoms with van der Waals surface area (Å²) in [5.41, 5.74) is 0.877. The first kappa shape index (κ1) is 15.0. The zero-order chi connectivity index (χ0) is 15.4. The van der Waals surface area contributed by atoms with E-state index in [9.17, 15) is 14.0 Å². The fourth-order valence-electron chi connectivity index (χ4n) is 1.56. The Morgan fingerprint density at radius 2 is 2.19 bits per heavy atom. The van der Waals surface area contributed by atoms with Crippen LogP contribution in [0.2, 0.25) is 0 Å². The first-order valence-electron chi connectivity index (χ1n) is 6.08. The van der Waals surface area contributed by atoms with Crippen LogP contribution in [0.1, 0.15) is 21.7 Å². The third kappa shape index (κ3) is 3.82. The van der Waals surface area contributed by atoms with Crippen molar-refractivity contribution >= 4 is 28.3 Å². The van der Waals surface area contributed by atoms with Crippen molar-refractivity contribution in [2.24, 2.45) is 0 Å². The van der Waals surface area contributed by atoms with Gasteiger partial charge in [0.1, 0.15) is 0 Å². The molecule has 2 aromatic heterocycles. The predicted molar refractivity (Wildman–Crippen MR) is 76.8 cm³/mol. The molecule has 0 spiro atoms. The average molecular weight is 308 g/mol. The molecule has 0 aliphatic carbocycles. The first-order chi connectivity index (χ1) is 9.99. The third-order valence-electron chi connectivity index (χ3n) is 2.59. The van der Waals surface area contributed by atoms with Crippen molar-refractivity contribution < 1.29 is 14.0 Å². The number of aromatic nitrogens is 2. The Labute approximate surface area is 124 Å². The van der Waals surface area contributed by atoms with E-state index in [1.54, 1.807) is 12.3 Å². The Bertz CT molecular complexity index is 687. The minimum atomic E-state index is -0.686. The first-order valence-corrected chi connectivity index (χ1v) is 6.96. The van der Waals surface area contributed by atoms with E-state index in [1.807, 2.05) is 0 Å². The van der Waals surface area contributed by atoms with E-state index in [0.717, 1.165) is 11.3 Å². The topological polar surface area (TPSA) is 84.0 Å². The molecule has 0 unspecified atom stereocenters. The maximum absolute atomic E-state index is 13.6. The quantitative estimate of drug-likeness (QED) is 0.897. The molecule has 21 heavy (non-hydrogen) atoms. The number of aryl methyl sites for hydroxylation is 1. The highest BCUT2D eigenvalue weighted by molar-refractivity contribution is 7.14. The van der Waals surface area contributed by atoms with Crippen molar-refractivity contribution in [2.45, 2.75) is 13.3 Å². The number of pyridine rings is 1. The summed E-state index contributed by atoms with van der Waals surface area (Å²) in [5.74, 6) is -1.53. The Hall–Kier alpha value is -2.35. The van der Waals surface area contributed by atoms with Crippen molar-refractivity contribution in [3.63, 3.8) is 0 Å². The maximum Gasteiger partial charge on any atom is 0.279 e. The van der Waals surface area contributed by atoms with Gasteiger partial charge < -0.3 is 5.32 Å². The van der Waals surface area contributed by atoms with Gasteiger partial charge >= 0.3 is 0 Å². The number of carbonyl (C=O) groups excluding carboxylic acids is 2. The lowest BCUT2D eigenvalue weighted by molar-refractivity contribution is -0.120. The van der Waals surface area contributed by atoms with Crippen LogP contribution in [0.15, 0.2) is 17.6 Å². The molecule has 2 heterocycles. The largest absolute Gasteiger partial charge is 0.359 e. The molecule has 2 N–H and O–H groups in total. The molecule has 0 aromatic carbocycles. The summed E-state index contributed by atoms with van der Waals surface area (Å²) in [4.78, 5) is 31.0.